The smallest absolute Gasteiger partial charge is 0.419 e. The van der Waals surface area contributed by atoms with E-state index in [-0.39, 0.29) is 11.2 Å². The second kappa shape index (κ2) is 8.09. The normalized spacial score (nSPS) is 11.0. The lowest BCUT2D eigenvalue weighted by atomic mass is 10.2. The Morgan fingerprint density at radius 2 is 1.85 bits per heavy atom. The molecule has 144 valence electrons. The molecule has 1 heterocycles. The SMILES string of the molecule is Cc1oncc1CNc1ccc(Oc2ccccc2C(F)(F)F)c(F)c1.O. The molecule has 5 nitrogen and oxygen atoms in total. The molecule has 0 atom stereocenters. The predicted molar refractivity (Wildman–Crippen MR) is 90.1 cm³/mol. The van der Waals surface area contributed by atoms with Crippen LogP contribution in [0, 0.1) is 12.7 Å². The first-order valence-corrected chi connectivity index (χ1v) is 7.62. The van der Waals surface area contributed by atoms with Crippen molar-refractivity contribution in [1.29, 1.82) is 0 Å². The standard InChI is InChI=1S/C18H14F4N2O2.H2O/c1-11-12(10-24-26-11)9-23-13-6-7-17(15(19)8-13)25-16-5-3-2-4-14(16)18(20,21)22;/h2-8,10,23H,9H2,1H3;1H2. The van der Waals surface area contributed by atoms with E-state index in [2.05, 4.69) is 10.5 Å². The van der Waals surface area contributed by atoms with Crippen LogP contribution in [-0.2, 0) is 12.7 Å². The average Bonchev–Trinajstić information content (AvgIpc) is 3.00. The van der Waals surface area contributed by atoms with E-state index in [9.17, 15) is 17.6 Å². The number of nitrogens with one attached hydrogen (secondary N) is 1. The Kier molecular flexibility index (Phi) is 6.06. The molecular weight excluding hydrogens is 368 g/mol. The van der Waals surface area contributed by atoms with Gasteiger partial charge < -0.3 is 20.1 Å². The van der Waals surface area contributed by atoms with Crippen molar-refractivity contribution in [3.05, 3.63) is 71.4 Å². The lowest BCUT2D eigenvalue weighted by Gasteiger charge is -2.14. The minimum Gasteiger partial charge on any atom is -0.454 e. The fraction of sp³-hybridized carbons (Fsp3) is 0.167. The molecular formula is C18H16F4N2O3. The highest BCUT2D eigenvalue weighted by Gasteiger charge is 2.34. The molecule has 3 aromatic rings. The van der Waals surface area contributed by atoms with Gasteiger partial charge in [0.25, 0.3) is 0 Å². The van der Waals surface area contributed by atoms with Gasteiger partial charge in [-0.15, -0.1) is 0 Å². The number of nitrogens with zero attached hydrogens (tertiary/aromatic N) is 1. The molecule has 27 heavy (non-hydrogen) atoms. The number of halogens is 4. The topological polar surface area (TPSA) is 78.8 Å². The number of aryl methyl sites for hydroxylation is 1. The maximum absolute atomic E-state index is 14.2. The molecule has 0 fully saturated rings. The second-order valence-electron chi connectivity index (χ2n) is 5.50. The molecule has 3 N–H and O–H groups in total. The summed E-state index contributed by atoms with van der Waals surface area (Å²) in [7, 11) is 0. The number of alkyl halides is 3. The van der Waals surface area contributed by atoms with Crippen molar-refractivity contribution >= 4 is 5.69 Å². The zero-order valence-corrected chi connectivity index (χ0v) is 14.1. The Labute approximate surface area is 151 Å². The lowest BCUT2D eigenvalue weighted by molar-refractivity contribution is -0.138. The number of hydrogen-bond donors (Lipinski definition) is 1. The Balaban J connectivity index is 0.00000261. The number of anilines is 1. The second-order valence-corrected chi connectivity index (χ2v) is 5.50. The quantitative estimate of drug-likeness (QED) is 0.646. The molecule has 0 aliphatic heterocycles. The van der Waals surface area contributed by atoms with Gasteiger partial charge in [0.05, 0.1) is 11.8 Å². The van der Waals surface area contributed by atoms with Gasteiger partial charge in [0, 0.05) is 23.9 Å². The van der Waals surface area contributed by atoms with Crippen LogP contribution in [0.1, 0.15) is 16.9 Å². The summed E-state index contributed by atoms with van der Waals surface area (Å²) in [6.07, 6.45) is -3.05. The Bertz CT molecular complexity index is 910. The van der Waals surface area contributed by atoms with E-state index >= 15 is 0 Å². The van der Waals surface area contributed by atoms with Gasteiger partial charge in [0.2, 0.25) is 0 Å². The van der Waals surface area contributed by atoms with Gasteiger partial charge in [-0.1, -0.05) is 17.3 Å². The predicted octanol–water partition coefficient (Wildman–Crippen LogP) is 4.72. The van der Waals surface area contributed by atoms with Crippen LogP contribution < -0.4 is 10.1 Å². The number of para-hydroxylation sites is 1. The molecule has 0 saturated carbocycles. The molecule has 0 aliphatic rings. The summed E-state index contributed by atoms with van der Waals surface area (Å²) in [6, 6.07) is 8.58. The van der Waals surface area contributed by atoms with Gasteiger partial charge in [-0.3, -0.25) is 0 Å². The molecule has 0 amide bonds. The van der Waals surface area contributed by atoms with E-state index in [1.54, 1.807) is 13.1 Å². The number of benzene rings is 2. The van der Waals surface area contributed by atoms with E-state index in [1.807, 2.05) is 0 Å². The number of aromatic nitrogens is 1. The maximum atomic E-state index is 14.2. The number of hydrogen-bond acceptors (Lipinski definition) is 4. The first kappa shape index (κ1) is 20.2. The van der Waals surface area contributed by atoms with E-state index in [0.717, 1.165) is 23.8 Å². The summed E-state index contributed by atoms with van der Waals surface area (Å²) >= 11 is 0. The number of ether oxygens (including phenoxy) is 1. The summed E-state index contributed by atoms with van der Waals surface area (Å²) in [5, 5.41) is 6.62. The van der Waals surface area contributed by atoms with Crippen molar-refractivity contribution in [2.45, 2.75) is 19.6 Å². The first-order valence-electron chi connectivity index (χ1n) is 7.62. The van der Waals surface area contributed by atoms with Crippen molar-refractivity contribution in [1.82, 2.24) is 5.16 Å². The fourth-order valence-electron chi connectivity index (χ4n) is 2.29. The number of rotatable bonds is 5. The molecule has 0 bridgehead atoms. The molecule has 2 aromatic carbocycles. The van der Waals surface area contributed by atoms with Crippen LogP contribution in [-0.4, -0.2) is 10.6 Å². The van der Waals surface area contributed by atoms with Gasteiger partial charge >= 0.3 is 6.18 Å². The van der Waals surface area contributed by atoms with Gasteiger partial charge in [-0.25, -0.2) is 4.39 Å². The van der Waals surface area contributed by atoms with Gasteiger partial charge in [-0.2, -0.15) is 13.2 Å². The van der Waals surface area contributed by atoms with Gasteiger partial charge in [-0.05, 0) is 31.2 Å². The minimum absolute atomic E-state index is 0. The third-order valence-corrected chi connectivity index (χ3v) is 3.68. The van der Waals surface area contributed by atoms with E-state index in [1.165, 1.54) is 24.3 Å². The zero-order chi connectivity index (χ0) is 18.7. The molecule has 0 spiro atoms. The Morgan fingerprint density at radius 3 is 2.48 bits per heavy atom. The molecule has 1 aromatic heterocycles. The van der Waals surface area contributed by atoms with Crippen LogP contribution >= 0.6 is 0 Å². The van der Waals surface area contributed by atoms with Crippen molar-refractivity contribution < 1.29 is 32.3 Å². The Morgan fingerprint density at radius 1 is 1.11 bits per heavy atom. The minimum atomic E-state index is -4.59. The average molecular weight is 384 g/mol. The van der Waals surface area contributed by atoms with Crippen LogP contribution in [0.2, 0.25) is 0 Å². The third kappa shape index (κ3) is 4.76. The molecule has 0 aliphatic carbocycles. The summed E-state index contributed by atoms with van der Waals surface area (Å²) in [5.74, 6) is -0.899. The van der Waals surface area contributed by atoms with Crippen LogP contribution in [0.4, 0.5) is 23.2 Å². The summed E-state index contributed by atoms with van der Waals surface area (Å²) in [4.78, 5) is 0. The van der Waals surface area contributed by atoms with Crippen molar-refractivity contribution in [3.8, 4) is 11.5 Å². The molecule has 0 radical (unpaired) electrons. The largest absolute Gasteiger partial charge is 0.454 e. The fourth-order valence-corrected chi connectivity index (χ4v) is 2.29. The van der Waals surface area contributed by atoms with Crippen LogP contribution in [0.3, 0.4) is 0 Å². The van der Waals surface area contributed by atoms with E-state index < -0.39 is 23.3 Å². The summed E-state index contributed by atoms with van der Waals surface area (Å²) in [5.41, 5.74) is 0.286. The maximum Gasteiger partial charge on any atom is 0.419 e. The van der Waals surface area contributed by atoms with Gasteiger partial charge in [0.15, 0.2) is 11.6 Å². The highest BCUT2D eigenvalue weighted by atomic mass is 19.4. The Hall–Kier alpha value is -3.07. The van der Waals surface area contributed by atoms with Crippen molar-refractivity contribution in [2.24, 2.45) is 0 Å². The molecule has 0 unspecified atom stereocenters. The molecule has 3 rings (SSSR count). The van der Waals surface area contributed by atoms with Crippen LogP contribution in [0.15, 0.2) is 53.2 Å². The zero-order valence-electron chi connectivity index (χ0n) is 14.1. The highest BCUT2D eigenvalue weighted by molar-refractivity contribution is 5.49. The summed E-state index contributed by atoms with van der Waals surface area (Å²) in [6.45, 7) is 2.12. The van der Waals surface area contributed by atoms with E-state index in [0.29, 0.717) is 18.0 Å². The summed E-state index contributed by atoms with van der Waals surface area (Å²) < 4.78 is 63.3. The van der Waals surface area contributed by atoms with Crippen LogP contribution in [0.25, 0.3) is 0 Å². The van der Waals surface area contributed by atoms with E-state index in [4.69, 9.17) is 9.26 Å². The van der Waals surface area contributed by atoms with Crippen molar-refractivity contribution in [3.63, 3.8) is 0 Å². The highest BCUT2D eigenvalue weighted by Crippen LogP contribution is 2.38. The monoisotopic (exact) mass is 384 g/mol. The molecule has 9 heteroatoms. The third-order valence-electron chi connectivity index (χ3n) is 3.68. The lowest BCUT2D eigenvalue weighted by Crippen LogP contribution is -2.07. The molecule has 0 saturated heterocycles. The van der Waals surface area contributed by atoms with Crippen LogP contribution in [0.5, 0.6) is 11.5 Å². The first-order chi connectivity index (χ1) is 12.3. The van der Waals surface area contributed by atoms with Gasteiger partial charge in [0.1, 0.15) is 11.5 Å². The van der Waals surface area contributed by atoms with Crippen molar-refractivity contribution in [2.75, 3.05) is 5.32 Å².